The predicted molar refractivity (Wildman–Crippen MR) is 81.0 cm³/mol. The minimum absolute atomic E-state index is 0.571. The molecule has 3 nitrogen and oxygen atoms in total. The molecule has 1 N–H and O–H groups in total. The third-order valence-electron chi connectivity index (χ3n) is 3.71. The van der Waals surface area contributed by atoms with E-state index in [0.29, 0.717) is 12.0 Å². The molecule has 1 heterocycles. The minimum atomic E-state index is 0.571. The van der Waals surface area contributed by atoms with Gasteiger partial charge >= 0.3 is 0 Å². The smallest absolute Gasteiger partial charge is 0.0766 e. The summed E-state index contributed by atoms with van der Waals surface area (Å²) in [7, 11) is 2.05. The summed E-state index contributed by atoms with van der Waals surface area (Å²) in [5, 5.41) is 8.06. The number of aromatic nitrogens is 2. The SMILES string of the molecule is CCc1nn(CC)c(CC(C)C(CC)NC)c1Br. The van der Waals surface area contributed by atoms with Crippen molar-refractivity contribution in [3.8, 4) is 0 Å². The van der Waals surface area contributed by atoms with E-state index in [1.807, 2.05) is 7.05 Å². The summed E-state index contributed by atoms with van der Waals surface area (Å²) in [6.45, 7) is 9.80. The zero-order chi connectivity index (χ0) is 13.7. The third-order valence-corrected chi connectivity index (χ3v) is 4.62. The van der Waals surface area contributed by atoms with E-state index < -0.39 is 0 Å². The highest BCUT2D eigenvalue weighted by Crippen LogP contribution is 2.26. The fraction of sp³-hybridized carbons (Fsp3) is 0.786. The molecule has 2 unspecified atom stereocenters. The van der Waals surface area contributed by atoms with E-state index >= 15 is 0 Å². The van der Waals surface area contributed by atoms with Crippen LogP contribution < -0.4 is 5.32 Å². The monoisotopic (exact) mass is 315 g/mol. The van der Waals surface area contributed by atoms with Crippen LogP contribution in [0.5, 0.6) is 0 Å². The van der Waals surface area contributed by atoms with Gasteiger partial charge in [0.05, 0.1) is 15.9 Å². The molecule has 104 valence electrons. The van der Waals surface area contributed by atoms with Gasteiger partial charge in [-0.2, -0.15) is 5.10 Å². The van der Waals surface area contributed by atoms with Crippen molar-refractivity contribution in [2.45, 2.75) is 59.5 Å². The molecule has 0 saturated heterocycles. The number of halogens is 1. The molecule has 1 rings (SSSR count). The average Bonchev–Trinajstić information content (AvgIpc) is 2.68. The number of rotatable bonds is 7. The Morgan fingerprint density at radius 1 is 1.33 bits per heavy atom. The van der Waals surface area contributed by atoms with E-state index in [2.05, 4.69) is 58.7 Å². The van der Waals surface area contributed by atoms with Gasteiger partial charge in [-0.1, -0.05) is 20.8 Å². The highest BCUT2D eigenvalue weighted by molar-refractivity contribution is 9.10. The fourth-order valence-electron chi connectivity index (χ4n) is 2.55. The van der Waals surface area contributed by atoms with Gasteiger partial charge in [-0.05, 0) is 55.1 Å². The van der Waals surface area contributed by atoms with E-state index in [0.717, 1.165) is 25.8 Å². The molecule has 18 heavy (non-hydrogen) atoms. The first-order chi connectivity index (χ1) is 8.58. The Morgan fingerprint density at radius 3 is 2.44 bits per heavy atom. The number of nitrogens with one attached hydrogen (secondary N) is 1. The number of hydrogen-bond donors (Lipinski definition) is 1. The third kappa shape index (κ3) is 3.35. The van der Waals surface area contributed by atoms with Gasteiger partial charge in [0.1, 0.15) is 0 Å². The second-order valence-corrected chi connectivity index (χ2v) is 5.65. The van der Waals surface area contributed by atoms with Gasteiger partial charge in [0.15, 0.2) is 0 Å². The maximum atomic E-state index is 4.66. The Labute approximate surface area is 119 Å². The Morgan fingerprint density at radius 2 is 2.00 bits per heavy atom. The topological polar surface area (TPSA) is 29.9 Å². The highest BCUT2D eigenvalue weighted by Gasteiger charge is 2.20. The number of hydrogen-bond acceptors (Lipinski definition) is 2. The second kappa shape index (κ2) is 7.29. The lowest BCUT2D eigenvalue weighted by Gasteiger charge is -2.22. The van der Waals surface area contributed by atoms with Crippen molar-refractivity contribution in [3.63, 3.8) is 0 Å². The van der Waals surface area contributed by atoms with Crippen molar-refractivity contribution in [3.05, 3.63) is 15.9 Å². The molecule has 0 aromatic carbocycles. The zero-order valence-corrected chi connectivity index (χ0v) is 13.8. The molecule has 0 bridgehead atoms. The summed E-state index contributed by atoms with van der Waals surface area (Å²) in [6, 6.07) is 0.571. The Bertz CT molecular complexity index is 369. The fourth-order valence-corrected chi connectivity index (χ4v) is 3.28. The lowest BCUT2D eigenvalue weighted by atomic mass is 9.94. The lowest BCUT2D eigenvalue weighted by Crippen LogP contribution is -2.32. The maximum absolute atomic E-state index is 4.66. The molecule has 0 aliphatic carbocycles. The summed E-state index contributed by atoms with van der Waals surface area (Å²) >= 11 is 3.72. The van der Waals surface area contributed by atoms with Crippen LogP contribution in [0.2, 0.25) is 0 Å². The van der Waals surface area contributed by atoms with E-state index in [1.165, 1.54) is 15.9 Å². The quantitative estimate of drug-likeness (QED) is 0.835. The number of aryl methyl sites for hydroxylation is 2. The summed E-state index contributed by atoms with van der Waals surface area (Å²) in [5.41, 5.74) is 2.52. The Hall–Kier alpha value is -0.350. The number of nitrogens with zero attached hydrogens (tertiary/aromatic N) is 2. The van der Waals surface area contributed by atoms with Crippen LogP contribution >= 0.6 is 15.9 Å². The van der Waals surface area contributed by atoms with Crippen LogP contribution in [0, 0.1) is 5.92 Å². The van der Waals surface area contributed by atoms with Crippen LogP contribution in [0.1, 0.15) is 45.5 Å². The lowest BCUT2D eigenvalue weighted by molar-refractivity contribution is 0.377. The van der Waals surface area contributed by atoms with Crippen LogP contribution in [-0.4, -0.2) is 22.9 Å². The Kier molecular flexibility index (Phi) is 6.36. The molecule has 0 fully saturated rings. The second-order valence-electron chi connectivity index (χ2n) is 4.86. The predicted octanol–water partition coefficient (Wildman–Crippen LogP) is 3.40. The van der Waals surface area contributed by atoms with Gasteiger partial charge in [-0.15, -0.1) is 0 Å². The van der Waals surface area contributed by atoms with Gasteiger partial charge in [-0.3, -0.25) is 4.68 Å². The van der Waals surface area contributed by atoms with Gasteiger partial charge in [0, 0.05) is 12.6 Å². The summed E-state index contributed by atoms with van der Waals surface area (Å²) in [5.74, 6) is 0.614. The molecule has 1 aromatic rings. The molecule has 0 aliphatic heterocycles. The summed E-state index contributed by atoms with van der Waals surface area (Å²) in [4.78, 5) is 0. The first-order valence-electron chi connectivity index (χ1n) is 7.00. The van der Waals surface area contributed by atoms with Crippen molar-refractivity contribution in [1.82, 2.24) is 15.1 Å². The zero-order valence-electron chi connectivity index (χ0n) is 12.3. The van der Waals surface area contributed by atoms with Crippen molar-refractivity contribution < 1.29 is 0 Å². The van der Waals surface area contributed by atoms with Gasteiger partial charge < -0.3 is 5.32 Å². The van der Waals surface area contributed by atoms with Crippen molar-refractivity contribution in [1.29, 1.82) is 0 Å². The molecule has 2 atom stereocenters. The first kappa shape index (κ1) is 15.7. The molecule has 0 aliphatic rings. The molecule has 1 aromatic heterocycles. The van der Waals surface area contributed by atoms with Crippen molar-refractivity contribution in [2.75, 3.05) is 7.05 Å². The largest absolute Gasteiger partial charge is 0.317 e. The summed E-state index contributed by atoms with van der Waals surface area (Å²) < 4.78 is 3.35. The summed E-state index contributed by atoms with van der Waals surface area (Å²) in [6.07, 6.45) is 3.22. The van der Waals surface area contributed by atoms with Gasteiger partial charge in [0.2, 0.25) is 0 Å². The maximum Gasteiger partial charge on any atom is 0.0766 e. The van der Waals surface area contributed by atoms with Crippen molar-refractivity contribution >= 4 is 15.9 Å². The molecule has 4 heteroatoms. The normalized spacial score (nSPS) is 14.8. The van der Waals surface area contributed by atoms with Gasteiger partial charge in [-0.25, -0.2) is 0 Å². The van der Waals surface area contributed by atoms with Gasteiger partial charge in [0.25, 0.3) is 0 Å². The Balaban J connectivity index is 2.92. The molecular weight excluding hydrogens is 290 g/mol. The molecule has 0 amide bonds. The first-order valence-corrected chi connectivity index (χ1v) is 7.79. The molecule has 0 saturated carbocycles. The molecule has 0 spiro atoms. The minimum Gasteiger partial charge on any atom is -0.317 e. The molecule has 0 radical (unpaired) electrons. The van der Waals surface area contributed by atoms with E-state index in [1.54, 1.807) is 0 Å². The standard InChI is InChI=1S/C14H26BrN3/c1-6-11(16-5)10(4)9-13-14(15)12(7-2)17-18(13)8-3/h10-11,16H,6-9H2,1-5H3. The van der Waals surface area contributed by atoms with Crippen LogP contribution in [-0.2, 0) is 19.4 Å². The van der Waals surface area contributed by atoms with Crippen LogP contribution in [0.15, 0.2) is 4.47 Å². The average molecular weight is 316 g/mol. The van der Waals surface area contributed by atoms with E-state index in [9.17, 15) is 0 Å². The van der Waals surface area contributed by atoms with Crippen LogP contribution in [0.4, 0.5) is 0 Å². The van der Waals surface area contributed by atoms with E-state index in [4.69, 9.17) is 0 Å². The highest BCUT2D eigenvalue weighted by atomic mass is 79.9. The van der Waals surface area contributed by atoms with Crippen LogP contribution in [0.25, 0.3) is 0 Å². The van der Waals surface area contributed by atoms with E-state index in [-0.39, 0.29) is 0 Å². The van der Waals surface area contributed by atoms with Crippen LogP contribution in [0.3, 0.4) is 0 Å². The van der Waals surface area contributed by atoms with Crippen molar-refractivity contribution in [2.24, 2.45) is 5.92 Å². The molecular formula is C14H26BrN3.